The van der Waals surface area contributed by atoms with Crippen LogP contribution < -0.4 is 10.7 Å². The highest BCUT2D eigenvalue weighted by Crippen LogP contribution is 2.25. The standard InChI is InChI=1S/C18H23Cl2N3O4/c1-4-13(18(26)27-5-2)11(3)22-23-17(25)9-8-16(24)21-15-7-6-12(19)10-14(15)20/h6-7,10,13H,4-5,8-9H2,1-3H3,(H,21,24)(H,23,25)/b22-11-/t13-/m0/s1. The molecule has 0 fully saturated rings. The Morgan fingerprint density at radius 2 is 1.81 bits per heavy atom. The number of carbonyl (C=O) groups excluding carboxylic acids is 3. The van der Waals surface area contributed by atoms with Crippen LogP contribution >= 0.6 is 23.2 Å². The summed E-state index contributed by atoms with van der Waals surface area (Å²) in [5.74, 6) is -1.70. The SMILES string of the molecule is CCOC(=O)[C@@H](CC)/C(C)=N\NC(=O)CCC(=O)Nc1ccc(Cl)cc1Cl. The van der Waals surface area contributed by atoms with Crippen LogP contribution in [0.15, 0.2) is 23.3 Å². The lowest BCUT2D eigenvalue weighted by molar-refractivity contribution is -0.145. The van der Waals surface area contributed by atoms with Crippen molar-refractivity contribution in [2.75, 3.05) is 11.9 Å². The molecule has 1 aromatic carbocycles. The largest absolute Gasteiger partial charge is 0.465 e. The van der Waals surface area contributed by atoms with Gasteiger partial charge in [0, 0.05) is 23.6 Å². The zero-order chi connectivity index (χ0) is 20.4. The Morgan fingerprint density at radius 1 is 1.15 bits per heavy atom. The molecule has 148 valence electrons. The van der Waals surface area contributed by atoms with Gasteiger partial charge < -0.3 is 10.1 Å². The maximum atomic E-state index is 11.9. The van der Waals surface area contributed by atoms with Crippen molar-refractivity contribution in [3.8, 4) is 0 Å². The minimum Gasteiger partial charge on any atom is -0.465 e. The fourth-order valence-corrected chi connectivity index (χ4v) is 2.65. The number of hydrazone groups is 1. The van der Waals surface area contributed by atoms with Crippen LogP contribution in [0.1, 0.15) is 40.0 Å². The number of esters is 1. The fraction of sp³-hybridized carbons (Fsp3) is 0.444. The van der Waals surface area contributed by atoms with E-state index in [-0.39, 0.29) is 31.3 Å². The molecule has 7 nitrogen and oxygen atoms in total. The Labute approximate surface area is 168 Å². The van der Waals surface area contributed by atoms with Crippen LogP contribution in [0.25, 0.3) is 0 Å². The Morgan fingerprint density at radius 3 is 2.41 bits per heavy atom. The zero-order valence-corrected chi connectivity index (χ0v) is 17.0. The highest BCUT2D eigenvalue weighted by Gasteiger charge is 2.21. The molecule has 0 aromatic heterocycles. The van der Waals surface area contributed by atoms with Crippen molar-refractivity contribution in [3.05, 3.63) is 28.2 Å². The summed E-state index contributed by atoms with van der Waals surface area (Å²) in [4.78, 5) is 35.6. The van der Waals surface area contributed by atoms with E-state index >= 15 is 0 Å². The van der Waals surface area contributed by atoms with Gasteiger partial charge in [-0.3, -0.25) is 14.4 Å². The van der Waals surface area contributed by atoms with E-state index in [9.17, 15) is 14.4 Å². The van der Waals surface area contributed by atoms with Crippen LogP contribution in [-0.4, -0.2) is 30.1 Å². The van der Waals surface area contributed by atoms with Crippen molar-refractivity contribution in [3.63, 3.8) is 0 Å². The summed E-state index contributed by atoms with van der Waals surface area (Å²) < 4.78 is 4.97. The van der Waals surface area contributed by atoms with Crippen molar-refractivity contribution in [2.24, 2.45) is 11.0 Å². The Kier molecular flexibility index (Phi) is 9.82. The number of ether oxygens (including phenoxy) is 1. The number of hydrogen-bond donors (Lipinski definition) is 2. The molecule has 0 aliphatic carbocycles. The smallest absolute Gasteiger partial charge is 0.314 e. The third-order valence-corrected chi connectivity index (χ3v) is 4.17. The third kappa shape index (κ3) is 7.97. The van der Waals surface area contributed by atoms with E-state index in [4.69, 9.17) is 27.9 Å². The molecule has 27 heavy (non-hydrogen) atoms. The third-order valence-electron chi connectivity index (χ3n) is 3.62. The maximum Gasteiger partial charge on any atom is 0.314 e. The zero-order valence-electron chi connectivity index (χ0n) is 15.5. The Balaban J connectivity index is 2.49. The first-order valence-corrected chi connectivity index (χ1v) is 9.28. The molecule has 0 saturated heterocycles. The number of amides is 2. The van der Waals surface area contributed by atoms with Crippen LogP contribution in [-0.2, 0) is 19.1 Å². The van der Waals surface area contributed by atoms with Crippen LogP contribution in [0.2, 0.25) is 10.0 Å². The number of carbonyl (C=O) groups is 3. The van der Waals surface area contributed by atoms with Gasteiger partial charge in [0.2, 0.25) is 11.8 Å². The van der Waals surface area contributed by atoms with E-state index in [2.05, 4.69) is 15.8 Å². The quantitative estimate of drug-likeness (QED) is 0.364. The lowest BCUT2D eigenvalue weighted by Crippen LogP contribution is -2.27. The summed E-state index contributed by atoms with van der Waals surface area (Å²) in [6, 6.07) is 4.69. The summed E-state index contributed by atoms with van der Waals surface area (Å²) in [7, 11) is 0. The van der Waals surface area contributed by atoms with Crippen LogP contribution in [0.5, 0.6) is 0 Å². The second-order valence-corrected chi connectivity index (χ2v) is 6.52. The van der Waals surface area contributed by atoms with Crippen molar-refractivity contribution >= 4 is 52.4 Å². The van der Waals surface area contributed by atoms with Gasteiger partial charge in [-0.05, 0) is 38.5 Å². The molecule has 1 rings (SSSR count). The van der Waals surface area contributed by atoms with Gasteiger partial charge in [-0.15, -0.1) is 0 Å². The molecule has 2 N–H and O–H groups in total. The number of anilines is 1. The van der Waals surface area contributed by atoms with Crippen LogP contribution in [0.3, 0.4) is 0 Å². The second kappa shape index (κ2) is 11.6. The molecular weight excluding hydrogens is 393 g/mol. The maximum absolute atomic E-state index is 11.9. The molecule has 0 unspecified atom stereocenters. The number of hydrogen-bond acceptors (Lipinski definition) is 5. The molecule has 9 heteroatoms. The lowest BCUT2D eigenvalue weighted by atomic mass is 10.0. The topological polar surface area (TPSA) is 96.9 Å². The molecule has 1 aromatic rings. The summed E-state index contributed by atoms with van der Waals surface area (Å²) >= 11 is 11.8. The van der Waals surface area contributed by atoms with Gasteiger partial charge in [0.25, 0.3) is 0 Å². The highest BCUT2D eigenvalue weighted by molar-refractivity contribution is 6.36. The molecule has 0 radical (unpaired) electrons. The Bertz CT molecular complexity index is 723. The van der Waals surface area contributed by atoms with E-state index in [1.54, 1.807) is 26.0 Å². The number of nitrogens with zero attached hydrogens (tertiary/aromatic N) is 1. The fourth-order valence-electron chi connectivity index (χ4n) is 2.19. The number of halogens is 2. The molecule has 1 atom stereocenters. The number of rotatable bonds is 9. The normalized spacial score (nSPS) is 12.3. The first kappa shape index (κ1) is 22.9. The van der Waals surface area contributed by atoms with E-state index in [0.29, 0.717) is 27.9 Å². The average Bonchev–Trinajstić information content (AvgIpc) is 2.61. The summed E-state index contributed by atoms with van der Waals surface area (Å²) in [6.45, 7) is 5.47. The van der Waals surface area contributed by atoms with Gasteiger partial charge in [0.1, 0.15) is 0 Å². The van der Waals surface area contributed by atoms with Gasteiger partial charge in [-0.1, -0.05) is 30.1 Å². The van der Waals surface area contributed by atoms with Crippen molar-refractivity contribution < 1.29 is 19.1 Å². The molecular formula is C18H23Cl2N3O4. The van der Waals surface area contributed by atoms with Crippen molar-refractivity contribution in [1.82, 2.24) is 5.43 Å². The lowest BCUT2D eigenvalue weighted by Gasteiger charge is -2.13. The predicted molar refractivity (Wildman–Crippen MR) is 106 cm³/mol. The summed E-state index contributed by atoms with van der Waals surface area (Å²) in [5.41, 5.74) is 3.21. The first-order valence-electron chi connectivity index (χ1n) is 8.53. The number of benzene rings is 1. The average molecular weight is 416 g/mol. The molecule has 0 heterocycles. The summed E-state index contributed by atoms with van der Waals surface area (Å²) in [5, 5.41) is 7.31. The van der Waals surface area contributed by atoms with Gasteiger partial charge >= 0.3 is 5.97 Å². The number of nitrogens with one attached hydrogen (secondary N) is 2. The van der Waals surface area contributed by atoms with Crippen molar-refractivity contribution in [1.29, 1.82) is 0 Å². The van der Waals surface area contributed by atoms with E-state index < -0.39 is 11.8 Å². The molecule has 0 spiro atoms. The molecule has 0 aliphatic rings. The summed E-state index contributed by atoms with van der Waals surface area (Å²) in [6.07, 6.45) is 0.396. The Hall–Kier alpha value is -2.12. The second-order valence-electron chi connectivity index (χ2n) is 5.67. The van der Waals surface area contributed by atoms with E-state index in [1.165, 1.54) is 6.07 Å². The monoisotopic (exact) mass is 415 g/mol. The first-order chi connectivity index (χ1) is 12.8. The van der Waals surface area contributed by atoms with Gasteiger partial charge in [0.15, 0.2) is 0 Å². The van der Waals surface area contributed by atoms with Gasteiger partial charge in [0.05, 0.1) is 23.2 Å². The van der Waals surface area contributed by atoms with Crippen molar-refractivity contribution in [2.45, 2.75) is 40.0 Å². The molecule has 0 aliphatic heterocycles. The van der Waals surface area contributed by atoms with Crippen LogP contribution in [0, 0.1) is 5.92 Å². The van der Waals surface area contributed by atoms with Crippen LogP contribution in [0.4, 0.5) is 5.69 Å². The molecule has 0 saturated carbocycles. The van der Waals surface area contributed by atoms with E-state index in [1.807, 2.05) is 6.92 Å². The minimum atomic E-state index is -0.513. The molecule has 0 bridgehead atoms. The van der Waals surface area contributed by atoms with Gasteiger partial charge in [-0.25, -0.2) is 5.43 Å². The van der Waals surface area contributed by atoms with E-state index in [0.717, 1.165) is 0 Å². The molecule has 2 amide bonds. The highest BCUT2D eigenvalue weighted by atomic mass is 35.5. The predicted octanol–water partition coefficient (Wildman–Crippen LogP) is 3.79. The minimum absolute atomic E-state index is 0.0472. The van der Waals surface area contributed by atoms with Gasteiger partial charge in [-0.2, -0.15) is 5.10 Å².